The van der Waals surface area contributed by atoms with E-state index in [0.717, 1.165) is 18.5 Å². The van der Waals surface area contributed by atoms with E-state index in [1.54, 1.807) is 30.6 Å². The van der Waals surface area contributed by atoms with Crippen LogP contribution >= 0.6 is 0 Å². The molecule has 1 atom stereocenters. The van der Waals surface area contributed by atoms with Crippen molar-refractivity contribution in [2.45, 2.75) is 32.2 Å². The van der Waals surface area contributed by atoms with Crippen molar-refractivity contribution in [3.8, 4) is 0 Å². The number of nitrogen functional groups attached to an aromatic ring is 1. The van der Waals surface area contributed by atoms with Crippen LogP contribution in [0.5, 0.6) is 0 Å². The number of aromatic nitrogens is 2. The van der Waals surface area contributed by atoms with E-state index in [-0.39, 0.29) is 0 Å². The molecule has 1 aromatic heterocycles. The topological polar surface area (TPSA) is 133 Å². The Hall–Kier alpha value is -3.94. The van der Waals surface area contributed by atoms with E-state index < -0.39 is 0 Å². The lowest BCUT2D eigenvalue weighted by Crippen LogP contribution is -2.25. The molecule has 2 aliphatic rings. The zero-order chi connectivity index (χ0) is 22.5. The number of likely N-dealkylation sites (tertiary alicyclic amines) is 1. The largest absolute Gasteiger partial charge is 0.398 e. The van der Waals surface area contributed by atoms with Crippen molar-refractivity contribution in [1.29, 1.82) is 5.41 Å². The number of nitrogens with zero attached hydrogens (tertiary/aromatic N) is 4. The van der Waals surface area contributed by atoms with Gasteiger partial charge in [-0.2, -0.15) is 0 Å². The number of hydrogen-bond acceptors (Lipinski definition) is 7. The molecule has 32 heavy (non-hydrogen) atoms. The Morgan fingerprint density at radius 2 is 2.25 bits per heavy atom. The summed E-state index contributed by atoms with van der Waals surface area (Å²) in [6.07, 6.45) is 15.6. The number of rotatable bonds is 5. The molecule has 6 N–H and O–H groups in total. The normalized spacial score (nSPS) is 19.5. The average Bonchev–Trinajstić information content (AvgIpc) is 3.42. The Kier molecular flexibility index (Phi) is 6.30. The number of imidazole rings is 1. The molecular formula is C24H28N8. The summed E-state index contributed by atoms with van der Waals surface area (Å²) in [4.78, 5) is 19.2. The number of H-pyrrole nitrogens is 1. The van der Waals surface area contributed by atoms with E-state index in [1.165, 1.54) is 24.8 Å². The van der Waals surface area contributed by atoms with E-state index in [2.05, 4.69) is 32.9 Å². The van der Waals surface area contributed by atoms with Gasteiger partial charge in [0.05, 0.1) is 0 Å². The van der Waals surface area contributed by atoms with Gasteiger partial charge in [-0.05, 0) is 49.6 Å². The predicted molar refractivity (Wildman–Crippen MR) is 131 cm³/mol. The van der Waals surface area contributed by atoms with Crippen molar-refractivity contribution in [2.75, 3.05) is 12.3 Å². The third-order valence-electron chi connectivity index (χ3n) is 5.71. The van der Waals surface area contributed by atoms with Gasteiger partial charge in [0.2, 0.25) is 0 Å². The van der Waals surface area contributed by atoms with Crippen LogP contribution in [0.15, 0.2) is 70.7 Å². The highest BCUT2D eigenvalue weighted by molar-refractivity contribution is 6.16. The fraction of sp³-hybridized carbons (Fsp3) is 0.250. The van der Waals surface area contributed by atoms with Crippen LogP contribution < -0.4 is 11.5 Å². The summed E-state index contributed by atoms with van der Waals surface area (Å²) in [5, 5.41) is 7.52. The zero-order valence-corrected chi connectivity index (χ0v) is 18.1. The van der Waals surface area contributed by atoms with Crippen LogP contribution in [0, 0.1) is 5.41 Å². The first-order chi connectivity index (χ1) is 15.5. The highest BCUT2D eigenvalue weighted by Gasteiger charge is 2.22. The molecular weight excluding hydrogens is 400 g/mol. The minimum Gasteiger partial charge on any atom is -0.398 e. The van der Waals surface area contributed by atoms with Crippen LogP contribution in [-0.4, -0.2) is 45.2 Å². The fourth-order valence-electron chi connectivity index (χ4n) is 3.93. The number of allylic oxidation sites excluding steroid dienone is 2. The summed E-state index contributed by atoms with van der Waals surface area (Å²) in [5.74, 6) is 1.17. The SMILES string of the molecule is CC1CCCN1C1=CN=C(N=C(C=C(N)c2ccc(N)c(C=N)c2)c2ncc[nH]2)C=CC1. The average molecular weight is 429 g/mol. The molecule has 0 bridgehead atoms. The second-order valence-corrected chi connectivity index (χ2v) is 7.92. The maximum Gasteiger partial charge on any atom is 0.156 e. The fourth-order valence-corrected chi connectivity index (χ4v) is 3.93. The Balaban J connectivity index is 1.68. The number of aromatic amines is 1. The minimum absolute atomic E-state index is 0.489. The molecule has 1 aromatic carbocycles. The lowest BCUT2D eigenvalue weighted by Gasteiger charge is -2.25. The summed E-state index contributed by atoms with van der Waals surface area (Å²) >= 11 is 0. The van der Waals surface area contributed by atoms with Gasteiger partial charge in [-0.15, -0.1) is 0 Å². The number of nitrogens with one attached hydrogen (secondary N) is 2. The number of aliphatic imine (C=N–C) groups is 2. The molecule has 1 fully saturated rings. The number of amidine groups is 1. The van der Waals surface area contributed by atoms with Gasteiger partial charge in [-0.25, -0.2) is 15.0 Å². The van der Waals surface area contributed by atoms with Crippen LogP contribution in [0.4, 0.5) is 5.69 Å². The molecule has 0 aliphatic carbocycles. The molecule has 2 aliphatic heterocycles. The van der Waals surface area contributed by atoms with E-state index in [9.17, 15) is 0 Å². The van der Waals surface area contributed by atoms with Crippen LogP contribution in [-0.2, 0) is 0 Å². The van der Waals surface area contributed by atoms with Gasteiger partial charge < -0.3 is 26.8 Å². The molecule has 0 spiro atoms. The number of benzene rings is 1. The monoisotopic (exact) mass is 428 g/mol. The van der Waals surface area contributed by atoms with Crippen molar-refractivity contribution in [1.82, 2.24) is 14.9 Å². The van der Waals surface area contributed by atoms with E-state index in [0.29, 0.717) is 40.4 Å². The number of hydrogen-bond donors (Lipinski definition) is 4. The maximum absolute atomic E-state index is 7.52. The molecule has 4 rings (SSSR count). The van der Waals surface area contributed by atoms with Crippen molar-refractivity contribution in [3.05, 3.63) is 77.7 Å². The van der Waals surface area contributed by atoms with Crippen molar-refractivity contribution < 1.29 is 0 Å². The van der Waals surface area contributed by atoms with Crippen LogP contribution in [0.2, 0.25) is 0 Å². The molecule has 0 saturated carbocycles. The summed E-state index contributed by atoms with van der Waals surface area (Å²) in [6.45, 7) is 3.33. The highest BCUT2D eigenvalue weighted by Crippen LogP contribution is 2.25. The molecule has 1 unspecified atom stereocenters. The van der Waals surface area contributed by atoms with E-state index in [4.69, 9.17) is 21.9 Å². The Morgan fingerprint density at radius 1 is 1.38 bits per heavy atom. The Labute approximate surface area is 187 Å². The zero-order valence-electron chi connectivity index (χ0n) is 18.1. The third-order valence-corrected chi connectivity index (χ3v) is 5.71. The van der Waals surface area contributed by atoms with E-state index >= 15 is 0 Å². The third kappa shape index (κ3) is 4.69. The first kappa shape index (κ1) is 21.3. The smallest absolute Gasteiger partial charge is 0.156 e. The maximum atomic E-state index is 7.52. The molecule has 0 radical (unpaired) electrons. The molecule has 164 valence electrons. The van der Waals surface area contributed by atoms with Gasteiger partial charge in [-0.1, -0.05) is 12.1 Å². The van der Waals surface area contributed by atoms with Crippen LogP contribution in [0.25, 0.3) is 5.70 Å². The predicted octanol–water partition coefficient (Wildman–Crippen LogP) is 3.46. The molecule has 8 nitrogen and oxygen atoms in total. The van der Waals surface area contributed by atoms with E-state index in [1.807, 2.05) is 18.3 Å². The molecule has 3 heterocycles. The second kappa shape index (κ2) is 9.47. The summed E-state index contributed by atoms with van der Waals surface area (Å²) < 4.78 is 0. The summed E-state index contributed by atoms with van der Waals surface area (Å²) in [6, 6.07) is 5.89. The lowest BCUT2D eigenvalue weighted by molar-refractivity contribution is 0.333. The van der Waals surface area contributed by atoms with Gasteiger partial charge in [-0.3, -0.25) is 0 Å². The molecule has 1 saturated heterocycles. The van der Waals surface area contributed by atoms with Gasteiger partial charge in [0.25, 0.3) is 0 Å². The minimum atomic E-state index is 0.489. The van der Waals surface area contributed by atoms with Gasteiger partial charge in [0, 0.05) is 66.5 Å². The lowest BCUT2D eigenvalue weighted by atomic mass is 10.1. The van der Waals surface area contributed by atoms with Crippen LogP contribution in [0.3, 0.4) is 0 Å². The van der Waals surface area contributed by atoms with Gasteiger partial charge in [0.1, 0.15) is 5.71 Å². The van der Waals surface area contributed by atoms with Gasteiger partial charge in [0.15, 0.2) is 11.7 Å². The van der Waals surface area contributed by atoms with Crippen molar-refractivity contribution in [3.63, 3.8) is 0 Å². The Morgan fingerprint density at radius 3 is 2.97 bits per heavy atom. The molecule has 8 heteroatoms. The first-order valence-corrected chi connectivity index (χ1v) is 10.7. The molecule has 2 aromatic rings. The second-order valence-electron chi connectivity index (χ2n) is 7.92. The van der Waals surface area contributed by atoms with Crippen molar-refractivity contribution in [2.24, 2.45) is 15.7 Å². The van der Waals surface area contributed by atoms with Crippen molar-refractivity contribution >= 4 is 29.1 Å². The quantitative estimate of drug-likeness (QED) is 0.429. The standard InChI is InChI=1S/C24H28N8/c1-16-4-3-11-32(16)19-5-2-6-23(30-15-19)31-22(24-28-9-10-29-24)13-21(27)17-7-8-20(26)18(12-17)14-25/h2,6-10,12-16,25H,3-5,11,26-27H2,1H3,(H,28,29). The molecule has 0 amide bonds. The van der Waals surface area contributed by atoms with Gasteiger partial charge >= 0.3 is 0 Å². The Bertz CT molecular complexity index is 1130. The summed E-state index contributed by atoms with van der Waals surface area (Å²) in [5.41, 5.74) is 16.4. The number of anilines is 1. The highest BCUT2D eigenvalue weighted by atomic mass is 15.2. The first-order valence-electron chi connectivity index (χ1n) is 10.7. The van der Waals surface area contributed by atoms with Crippen LogP contribution in [0.1, 0.15) is 43.1 Å². The summed E-state index contributed by atoms with van der Waals surface area (Å²) in [7, 11) is 0. The number of nitrogens with two attached hydrogens (primary N) is 2.